The average molecular weight is 708 g/mol. The first-order chi connectivity index (χ1) is 24.3. The number of ether oxygens (including phenoxy) is 2. The van der Waals surface area contributed by atoms with Gasteiger partial charge in [-0.05, 0) is 72.6 Å². The molecule has 9 nitrogen and oxygen atoms in total. The van der Waals surface area contributed by atoms with Gasteiger partial charge in [0, 0.05) is 62.9 Å². The van der Waals surface area contributed by atoms with E-state index in [1.54, 1.807) is 36.4 Å². The molecule has 0 unspecified atom stereocenters. The van der Waals surface area contributed by atoms with Crippen LogP contribution in [0.1, 0.15) is 37.5 Å². The summed E-state index contributed by atoms with van der Waals surface area (Å²) in [7, 11) is 1.82. The van der Waals surface area contributed by atoms with Crippen LogP contribution in [0.5, 0.6) is 17.4 Å². The molecule has 3 aromatic carbocycles. The molecule has 266 valence electrons. The van der Waals surface area contributed by atoms with Gasteiger partial charge >= 0.3 is 6.18 Å². The molecule has 1 N–H and O–H groups in total. The molecule has 1 fully saturated rings. The number of hydrogen-bond acceptors (Lipinski definition) is 6. The number of nitrogens with zero attached hydrogens (tertiary/aromatic N) is 4. The first-order valence-corrected chi connectivity index (χ1v) is 16.1. The number of carbonyl (C=O) groups excluding carboxylic acids is 2. The summed E-state index contributed by atoms with van der Waals surface area (Å²) in [5.74, 6) is 0.479. The van der Waals surface area contributed by atoms with Crippen LogP contribution in [0.25, 0.3) is 10.9 Å². The molecule has 2 amide bonds. The number of piperazine rings is 1. The van der Waals surface area contributed by atoms with Gasteiger partial charge in [-0.15, -0.1) is 0 Å². The first kappa shape index (κ1) is 35.3. The third kappa shape index (κ3) is 8.46. The molecule has 1 saturated heterocycles. The molecule has 1 aliphatic heterocycles. The third-order valence-corrected chi connectivity index (χ3v) is 8.62. The standard InChI is InChI=1S/C37H34F5N5O4/c1-23-17-26(37(40,41)42)6-11-30(23)35(48)44-27-7-12-34(43-20-27)51-29-10-5-25-18-32(45(2)31(25)19-29)36(49)47-15-13-46(14-16-47)21-24-3-8-28(9-4-24)50-22-33(38)39/h3-12,17-20,33H,13-16,21-22H2,1-2H3,(H,44,48). The van der Waals surface area contributed by atoms with Crippen LogP contribution in [0.3, 0.4) is 0 Å². The summed E-state index contributed by atoms with van der Waals surface area (Å²) in [6.07, 6.45) is -5.64. The molecule has 2 aromatic heterocycles. The number of carbonyl (C=O) groups is 2. The fraction of sp³-hybridized carbons (Fsp3) is 0.270. The molecule has 0 atom stereocenters. The largest absolute Gasteiger partial charge is 0.488 e. The summed E-state index contributed by atoms with van der Waals surface area (Å²) < 4.78 is 76.5. The van der Waals surface area contributed by atoms with Crippen molar-refractivity contribution in [3.05, 3.63) is 113 Å². The molecule has 6 rings (SSSR count). The zero-order chi connectivity index (χ0) is 36.3. The van der Waals surface area contributed by atoms with Gasteiger partial charge < -0.3 is 24.3 Å². The van der Waals surface area contributed by atoms with Crippen molar-refractivity contribution >= 4 is 28.4 Å². The van der Waals surface area contributed by atoms with Gasteiger partial charge in [0.05, 0.1) is 23.0 Å². The van der Waals surface area contributed by atoms with Crippen LogP contribution in [-0.2, 0) is 19.8 Å². The smallest absolute Gasteiger partial charge is 0.416 e. The number of amides is 2. The van der Waals surface area contributed by atoms with E-state index in [4.69, 9.17) is 9.47 Å². The summed E-state index contributed by atoms with van der Waals surface area (Å²) >= 11 is 0. The number of aromatic nitrogens is 2. The van der Waals surface area contributed by atoms with Gasteiger partial charge in [-0.25, -0.2) is 13.8 Å². The van der Waals surface area contributed by atoms with Gasteiger partial charge in [0.1, 0.15) is 23.8 Å². The summed E-state index contributed by atoms with van der Waals surface area (Å²) in [5, 5.41) is 3.50. The molecule has 0 spiro atoms. The average Bonchev–Trinajstić information content (AvgIpc) is 3.43. The van der Waals surface area contributed by atoms with Gasteiger partial charge in [0.2, 0.25) is 5.88 Å². The van der Waals surface area contributed by atoms with Crippen molar-refractivity contribution in [1.82, 2.24) is 19.4 Å². The van der Waals surface area contributed by atoms with E-state index in [9.17, 15) is 31.5 Å². The van der Waals surface area contributed by atoms with Crippen LogP contribution in [0.4, 0.5) is 27.6 Å². The van der Waals surface area contributed by atoms with Crippen LogP contribution in [0.2, 0.25) is 0 Å². The Bertz CT molecular complexity index is 2020. The van der Waals surface area contributed by atoms with Gasteiger partial charge in [-0.1, -0.05) is 12.1 Å². The van der Waals surface area contributed by atoms with E-state index in [-0.39, 0.29) is 22.9 Å². The minimum absolute atomic E-state index is 0.0814. The molecule has 0 radical (unpaired) electrons. The number of rotatable bonds is 10. The van der Waals surface area contributed by atoms with Crippen LogP contribution < -0.4 is 14.8 Å². The van der Waals surface area contributed by atoms with Crippen LogP contribution >= 0.6 is 0 Å². The predicted molar refractivity (Wildman–Crippen MR) is 180 cm³/mol. The van der Waals surface area contributed by atoms with E-state index in [1.807, 2.05) is 40.8 Å². The summed E-state index contributed by atoms with van der Waals surface area (Å²) in [5.41, 5.74) is 2.16. The summed E-state index contributed by atoms with van der Waals surface area (Å²) in [4.78, 5) is 34.6. The maximum absolute atomic E-state index is 13.6. The lowest BCUT2D eigenvalue weighted by Crippen LogP contribution is -2.48. The predicted octanol–water partition coefficient (Wildman–Crippen LogP) is 7.55. The van der Waals surface area contributed by atoms with Gasteiger partial charge in [-0.2, -0.15) is 13.2 Å². The van der Waals surface area contributed by atoms with Crippen molar-refractivity contribution in [2.45, 2.75) is 26.1 Å². The Morgan fingerprint density at radius 2 is 1.63 bits per heavy atom. The Morgan fingerprint density at radius 1 is 0.902 bits per heavy atom. The first-order valence-electron chi connectivity index (χ1n) is 16.1. The number of fused-ring (bicyclic) bond motifs is 1. The number of nitrogens with one attached hydrogen (secondary N) is 1. The molecular weight excluding hydrogens is 673 g/mol. The minimum Gasteiger partial charge on any atom is -0.488 e. The Labute approximate surface area is 290 Å². The monoisotopic (exact) mass is 707 g/mol. The fourth-order valence-corrected chi connectivity index (χ4v) is 5.89. The summed E-state index contributed by atoms with van der Waals surface area (Å²) in [6, 6.07) is 20.4. The lowest BCUT2D eigenvalue weighted by Gasteiger charge is -2.34. The van der Waals surface area contributed by atoms with Crippen LogP contribution in [-0.4, -0.2) is 70.4 Å². The number of anilines is 1. The molecular formula is C37H34F5N5O4. The quantitative estimate of drug-likeness (QED) is 0.151. The second-order valence-corrected chi connectivity index (χ2v) is 12.2. The lowest BCUT2D eigenvalue weighted by molar-refractivity contribution is -0.137. The maximum atomic E-state index is 13.6. The van der Waals surface area contributed by atoms with Gasteiger partial charge in [0.25, 0.3) is 18.2 Å². The maximum Gasteiger partial charge on any atom is 0.416 e. The zero-order valence-electron chi connectivity index (χ0n) is 27.7. The van der Waals surface area contributed by atoms with E-state index < -0.39 is 30.7 Å². The van der Waals surface area contributed by atoms with Crippen molar-refractivity contribution in [2.24, 2.45) is 7.05 Å². The molecule has 0 bridgehead atoms. The normalized spacial score (nSPS) is 13.8. The summed E-state index contributed by atoms with van der Waals surface area (Å²) in [6.45, 7) is 3.94. The zero-order valence-corrected chi connectivity index (χ0v) is 27.7. The molecule has 51 heavy (non-hydrogen) atoms. The minimum atomic E-state index is -4.50. The Balaban J connectivity index is 1.04. The molecule has 14 heteroatoms. The van der Waals surface area contributed by atoms with Gasteiger partial charge in [0.15, 0.2) is 0 Å². The second kappa shape index (κ2) is 14.8. The lowest BCUT2D eigenvalue weighted by atomic mass is 10.0. The highest BCUT2D eigenvalue weighted by Crippen LogP contribution is 2.31. The number of pyridine rings is 1. The van der Waals surface area contributed by atoms with Crippen LogP contribution in [0, 0.1) is 6.92 Å². The number of halogens is 5. The number of hydrogen-bond donors (Lipinski definition) is 1. The number of benzene rings is 3. The van der Waals surface area contributed by atoms with Crippen LogP contribution in [0.15, 0.2) is 85.1 Å². The van der Waals surface area contributed by atoms with E-state index >= 15 is 0 Å². The third-order valence-electron chi connectivity index (χ3n) is 8.62. The Hall–Kier alpha value is -5.50. The van der Waals surface area contributed by atoms with Crippen molar-refractivity contribution in [1.29, 1.82) is 0 Å². The van der Waals surface area contributed by atoms with Crippen molar-refractivity contribution in [3.63, 3.8) is 0 Å². The second-order valence-electron chi connectivity index (χ2n) is 12.2. The fourth-order valence-electron chi connectivity index (χ4n) is 5.89. The van der Waals surface area contributed by atoms with E-state index in [0.717, 1.165) is 34.7 Å². The number of alkyl halides is 5. The van der Waals surface area contributed by atoms with E-state index in [1.165, 1.54) is 13.1 Å². The highest BCUT2D eigenvalue weighted by Gasteiger charge is 2.31. The molecule has 5 aromatic rings. The Morgan fingerprint density at radius 3 is 2.27 bits per heavy atom. The van der Waals surface area contributed by atoms with Crippen molar-refractivity contribution in [3.8, 4) is 17.4 Å². The van der Waals surface area contributed by atoms with E-state index in [0.29, 0.717) is 55.6 Å². The molecule has 0 saturated carbocycles. The number of aryl methyl sites for hydroxylation is 2. The van der Waals surface area contributed by atoms with Crippen molar-refractivity contribution < 1.29 is 41.0 Å². The SMILES string of the molecule is Cc1cc(C(F)(F)F)ccc1C(=O)Nc1ccc(Oc2ccc3cc(C(=O)N4CCN(Cc5ccc(OCC(F)F)cc5)CC4)n(C)c3c2)nc1. The highest BCUT2D eigenvalue weighted by atomic mass is 19.4. The highest BCUT2D eigenvalue weighted by molar-refractivity contribution is 6.05. The van der Waals surface area contributed by atoms with Crippen molar-refractivity contribution in [2.75, 3.05) is 38.1 Å². The molecule has 0 aliphatic carbocycles. The Kier molecular flexibility index (Phi) is 10.2. The molecule has 1 aliphatic rings. The van der Waals surface area contributed by atoms with Gasteiger partial charge in [-0.3, -0.25) is 14.5 Å². The molecule has 3 heterocycles. The van der Waals surface area contributed by atoms with E-state index in [2.05, 4.69) is 15.2 Å². The topological polar surface area (TPSA) is 88.9 Å².